The van der Waals surface area contributed by atoms with Crippen LogP contribution in [0, 0.1) is 5.92 Å². The summed E-state index contributed by atoms with van der Waals surface area (Å²) in [5, 5.41) is 11.9. The van der Waals surface area contributed by atoms with Crippen LogP contribution in [-0.2, 0) is 9.59 Å². The zero-order valence-corrected chi connectivity index (χ0v) is 14.1. The van der Waals surface area contributed by atoms with Gasteiger partial charge in [-0.2, -0.15) is 0 Å². The van der Waals surface area contributed by atoms with Crippen molar-refractivity contribution in [1.82, 2.24) is 5.32 Å². The quantitative estimate of drug-likeness (QED) is 0.764. The van der Waals surface area contributed by atoms with E-state index in [9.17, 15) is 9.59 Å². The molecule has 116 valence electrons. The Hall–Kier alpha value is -1.27. The average molecular weight is 379 g/mol. The van der Waals surface area contributed by atoms with Crippen molar-refractivity contribution in [2.24, 2.45) is 5.92 Å². The fraction of sp³-hybridized carbons (Fsp3) is 0.429. The van der Waals surface area contributed by atoms with Crippen LogP contribution in [0.25, 0.3) is 0 Å². The Kier molecular flexibility index (Phi) is 6.98. The van der Waals surface area contributed by atoms with Gasteiger partial charge in [-0.25, -0.2) is 4.79 Å². The second-order valence-corrected chi connectivity index (χ2v) is 6.27. The van der Waals surface area contributed by atoms with E-state index in [0.717, 1.165) is 4.47 Å². The summed E-state index contributed by atoms with van der Waals surface area (Å²) in [7, 11) is 0. The van der Waals surface area contributed by atoms with Gasteiger partial charge in [0.2, 0.25) is 0 Å². The fourth-order valence-electron chi connectivity index (χ4n) is 1.66. The first-order valence-corrected chi connectivity index (χ1v) is 7.56. The normalized spacial score (nSPS) is 12.0. The van der Waals surface area contributed by atoms with E-state index >= 15 is 0 Å². The number of ether oxygens (including phenoxy) is 1. The number of benzene rings is 1. The van der Waals surface area contributed by atoms with Gasteiger partial charge >= 0.3 is 5.97 Å². The zero-order chi connectivity index (χ0) is 16.0. The molecule has 1 aromatic rings. The van der Waals surface area contributed by atoms with Crippen LogP contribution >= 0.6 is 27.5 Å². The summed E-state index contributed by atoms with van der Waals surface area (Å²) in [5.74, 6) is -1.03. The van der Waals surface area contributed by atoms with Gasteiger partial charge < -0.3 is 15.2 Å². The average Bonchev–Trinajstić information content (AvgIpc) is 2.36. The van der Waals surface area contributed by atoms with E-state index in [0.29, 0.717) is 17.2 Å². The van der Waals surface area contributed by atoms with E-state index in [1.165, 1.54) is 0 Å². The molecule has 0 bridgehead atoms. The summed E-state index contributed by atoms with van der Waals surface area (Å²) in [6, 6.07) is 4.09. The van der Waals surface area contributed by atoms with E-state index in [4.69, 9.17) is 21.4 Å². The molecular weight excluding hydrogens is 362 g/mol. The SMILES string of the molecule is CC(C)C[C@H](NC(=O)COc1ccc(Br)cc1Cl)C(=O)O. The number of hydrogen-bond donors (Lipinski definition) is 2. The van der Waals surface area contributed by atoms with E-state index in [-0.39, 0.29) is 12.5 Å². The Labute approximate surface area is 136 Å². The molecule has 0 aliphatic rings. The van der Waals surface area contributed by atoms with Crippen LogP contribution in [-0.4, -0.2) is 29.6 Å². The van der Waals surface area contributed by atoms with E-state index in [2.05, 4.69) is 21.2 Å². The molecular formula is C14H17BrClNO4. The fourth-order valence-corrected chi connectivity index (χ4v) is 2.39. The Bertz CT molecular complexity index is 522. The molecule has 2 N–H and O–H groups in total. The number of aliphatic carboxylic acids is 1. The number of amides is 1. The number of carbonyl (C=O) groups excluding carboxylic acids is 1. The van der Waals surface area contributed by atoms with Gasteiger partial charge in [0.15, 0.2) is 6.61 Å². The molecule has 1 atom stereocenters. The van der Waals surface area contributed by atoms with Crippen molar-refractivity contribution in [3.63, 3.8) is 0 Å². The topological polar surface area (TPSA) is 75.6 Å². The smallest absolute Gasteiger partial charge is 0.326 e. The number of carbonyl (C=O) groups is 2. The summed E-state index contributed by atoms with van der Waals surface area (Å²) in [4.78, 5) is 22.8. The monoisotopic (exact) mass is 377 g/mol. The highest BCUT2D eigenvalue weighted by molar-refractivity contribution is 9.10. The van der Waals surface area contributed by atoms with Gasteiger partial charge in [-0.15, -0.1) is 0 Å². The van der Waals surface area contributed by atoms with Gasteiger partial charge in [0.05, 0.1) is 5.02 Å². The van der Waals surface area contributed by atoms with Crippen LogP contribution in [0.3, 0.4) is 0 Å². The van der Waals surface area contributed by atoms with Crippen LogP contribution in [0.2, 0.25) is 5.02 Å². The summed E-state index contributed by atoms with van der Waals surface area (Å²) >= 11 is 9.22. The molecule has 21 heavy (non-hydrogen) atoms. The van der Waals surface area contributed by atoms with Crippen LogP contribution in [0.15, 0.2) is 22.7 Å². The molecule has 0 fully saturated rings. The van der Waals surface area contributed by atoms with Crippen LogP contribution in [0.4, 0.5) is 0 Å². The highest BCUT2D eigenvalue weighted by atomic mass is 79.9. The minimum atomic E-state index is -1.06. The minimum absolute atomic E-state index is 0.160. The third-order valence-corrected chi connectivity index (χ3v) is 3.38. The van der Waals surface area contributed by atoms with Gasteiger partial charge in [0.25, 0.3) is 5.91 Å². The van der Waals surface area contributed by atoms with Crippen LogP contribution in [0.5, 0.6) is 5.75 Å². The van der Waals surface area contributed by atoms with Crippen molar-refractivity contribution in [2.45, 2.75) is 26.3 Å². The first kappa shape index (κ1) is 17.8. The molecule has 0 aliphatic heterocycles. The van der Waals surface area contributed by atoms with Gasteiger partial charge in [-0.05, 0) is 30.5 Å². The summed E-state index contributed by atoms with van der Waals surface area (Å²) in [6.07, 6.45) is 0.361. The maximum Gasteiger partial charge on any atom is 0.326 e. The number of nitrogens with one attached hydrogen (secondary N) is 1. The lowest BCUT2D eigenvalue weighted by Crippen LogP contribution is -2.43. The molecule has 0 saturated heterocycles. The third-order valence-electron chi connectivity index (χ3n) is 2.59. The van der Waals surface area contributed by atoms with Crippen molar-refractivity contribution >= 4 is 39.4 Å². The highest BCUT2D eigenvalue weighted by Gasteiger charge is 2.21. The lowest BCUT2D eigenvalue weighted by molar-refractivity contribution is -0.142. The number of rotatable bonds is 7. The minimum Gasteiger partial charge on any atom is -0.482 e. The van der Waals surface area contributed by atoms with Gasteiger partial charge in [-0.3, -0.25) is 4.79 Å². The van der Waals surface area contributed by atoms with Crippen molar-refractivity contribution in [3.05, 3.63) is 27.7 Å². The molecule has 1 rings (SSSR count). The Morgan fingerprint density at radius 2 is 2.10 bits per heavy atom. The van der Waals surface area contributed by atoms with E-state index in [1.807, 2.05) is 13.8 Å². The summed E-state index contributed by atoms with van der Waals surface area (Å²) in [5.41, 5.74) is 0. The molecule has 0 spiro atoms. The first-order chi connectivity index (χ1) is 9.79. The predicted octanol–water partition coefficient (Wildman–Crippen LogP) is 3.10. The zero-order valence-electron chi connectivity index (χ0n) is 11.7. The first-order valence-electron chi connectivity index (χ1n) is 6.39. The van der Waals surface area contributed by atoms with Crippen molar-refractivity contribution in [2.75, 3.05) is 6.61 Å². The number of carboxylic acid groups (broad SMARTS) is 1. The van der Waals surface area contributed by atoms with Crippen molar-refractivity contribution < 1.29 is 19.4 Å². The molecule has 0 aliphatic carbocycles. The largest absolute Gasteiger partial charge is 0.482 e. The second-order valence-electron chi connectivity index (χ2n) is 4.95. The molecule has 0 saturated carbocycles. The molecule has 5 nitrogen and oxygen atoms in total. The molecule has 0 aromatic heterocycles. The van der Waals surface area contributed by atoms with Crippen LogP contribution in [0.1, 0.15) is 20.3 Å². The molecule has 0 unspecified atom stereocenters. The number of halogens is 2. The number of hydrogen-bond acceptors (Lipinski definition) is 3. The van der Waals surface area contributed by atoms with Crippen molar-refractivity contribution in [3.8, 4) is 5.75 Å². The standard InChI is InChI=1S/C14H17BrClNO4/c1-8(2)5-11(14(19)20)17-13(18)7-21-12-4-3-9(15)6-10(12)16/h3-4,6,8,11H,5,7H2,1-2H3,(H,17,18)(H,19,20)/t11-/m0/s1. The lowest BCUT2D eigenvalue weighted by atomic mass is 10.0. The summed E-state index contributed by atoms with van der Waals surface area (Å²) < 4.78 is 6.08. The predicted molar refractivity (Wildman–Crippen MR) is 83.7 cm³/mol. The lowest BCUT2D eigenvalue weighted by Gasteiger charge is -2.16. The summed E-state index contributed by atoms with van der Waals surface area (Å²) in [6.45, 7) is 3.49. The third kappa shape index (κ3) is 6.35. The van der Waals surface area contributed by atoms with Gasteiger partial charge in [-0.1, -0.05) is 41.4 Å². The van der Waals surface area contributed by atoms with Gasteiger partial charge in [0.1, 0.15) is 11.8 Å². The molecule has 1 aromatic carbocycles. The van der Waals surface area contributed by atoms with Crippen LogP contribution < -0.4 is 10.1 Å². The second kappa shape index (κ2) is 8.24. The van der Waals surface area contributed by atoms with Gasteiger partial charge in [0, 0.05) is 4.47 Å². The van der Waals surface area contributed by atoms with Crippen molar-refractivity contribution in [1.29, 1.82) is 0 Å². The van der Waals surface area contributed by atoms with E-state index in [1.54, 1.807) is 18.2 Å². The Morgan fingerprint density at radius 1 is 1.43 bits per heavy atom. The Morgan fingerprint density at radius 3 is 2.62 bits per heavy atom. The van der Waals surface area contributed by atoms with E-state index < -0.39 is 17.9 Å². The highest BCUT2D eigenvalue weighted by Crippen LogP contribution is 2.27. The Balaban J connectivity index is 2.54. The number of carboxylic acids is 1. The molecule has 0 heterocycles. The maximum atomic E-state index is 11.7. The molecule has 1 amide bonds. The maximum absolute atomic E-state index is 11.7. The molecule has 7 heteroatoms. The molecule has 0 radical (unpaired) electrons.